The highest BCUT2D eigenvalue weighted by Crippen LogP contribution is 2.33. The molecule has 0 radical (unpaired) electrons. The van der Waals surface area contributed by atoms with Gasteiger partial charge in [0.2, 0.25) is 0 Å². The average molecular weight is 410 g/mol. The van der Waals surface area contributed by atoms with Gasteiger partial charge >= 0.3 is 6.03 Å². The van der Waals surface area contributed by atoms with E-state index in [1.807, 2.05) is 61.5 Å². The lowest BCUT2D eigenvalue weighted by Crippen LogP contribution is -2.38. The number of ether oxygens (including phenoxy) is 1. The molecule has 0 spiro atoms. The highest BCUT2D eigenvalue weighted by molar-refractivity contribution is 6.29. The molecule has 2 heterocycles. The van der Waals surface area contributed by atoms with Gasteiger partial charge in [0.05, 0.1) is 5.69 Å². The maximum atomic E-state index is 12.3. The summed E-state index contributed by atoms with van der Waals surface area (Å²) in [5.41, 5.74) is 9.97. The fourth-order valence-corrected chi connectivity index (χ4v) is 3.19. The molecule has 1 aliphatic rings. The van der Waals surface area contributed by atoms with E-state index in [-0.39, 0.29) is 6.03 Å². The summed E-state index contributed by atoms with van der Waals surface area (Å²) in [6.45, 7) is 2.32. The first-order chi connectivity index (χ1) is 14.0. The molecule has 1 aromatic heterocycles. The van der Waals surface area contributed by atoms with Crippen LogP contribution in [0.25, 0.3) is 11.3 Å². The standard InChI is InChI=1S/C21H20ClN5O2/c1-14-5-3-7-18(27-21(28)26(2)24-25-27)20(14)29-13-15-9-11-16(12-10-15)17-6-4-8-19(22)23-17/h3-12,24-25H,13H2,1-2H3. The average Bonchev–Trinajstić information content (AvgIpc) is 3.06. The number of benzene rings is 2. The van der Waals surface area contributed by atoms with E-state index in [0.717, 1.165) is 22.4 Å². The van der Waals surface area contributed by atoms with Gasteiger partial charge in [0.1, 0.15) is 23.2 Å². The molecule has 8 heteroatoms. The van der Waals surface area contributed by atoms with Crippen LogP contribution in [-0.2, 0) is 6.61 Å². The number of para-hydroxylation sites is 1. The second-order valence-corrected chi connectivity index (χ2v) is 7.04. The van der Waals surface area contributed by atoms with E-state index in [1.54, 1.807) is 13.1 Å². The van der Waals surface area contributed by atoms with Gasteiger partial charge in [-0.25, -0.2) is 19.8 Å². The maximum Gasteiger partial charge on any atom is 0.355 e. The molecule has 0 bridgehead atoms. The quantitative estimate of drug-likeness (QED) is 0.621. The summed E-state index contributed by atoms with van der Waals surface area (Å²) in [6, 6.07) is 18.9. The van der Waals surface area contributed by atoms with Crippen LogP contribution in [0.1, 0.15) is 11.1 Å². The van der Waals surface area contributed by atoms with Crippen LogP contribution in [0.15, 0.2) is 60.7 Å². The first-order valence-corrected chi connectivity index (χ1v) is 9.44. The fourth-order valence-electron chi connectivity index (χ4n) is 3.03. The molecule has 1 saturated heterocycles. The zero-order valence-electron chi connectivity index (χ0n) is 16.0. The van der Waals surface area contributed by atoms with Crippen molar-refractivity contribution >= 4 is 23.3 Å². The Morgan fingerprint density at radius 1 is 1.03 bits per heavy atom. The summed E-state index contributed by atoms with van der Waals surface area (Å²) >= 11 is 5.97. The Kier molecular flexibility index (Phi) is 5.35. The molecule has 1 aliphatic heterocycles. The Balaban J connectivity index is 1.52. The Labute approximate surface area is 173 Å². The number of carbonyl (C=O) groups excluding carboxylic acids is 1. The van der Waals surface area contributed by atoms with Crippen LogP contribution < -0.4 is 20.8 Å². The molecule has 3 aromatic rings. The molecule has 0 saturated carbocycles. The first kappa shape index (κ1) is 19.2. The minimum absolute atomic E-state index is 0.223. The number of rotatable bonds is 5. The lowest BCUT2D eigenvalue weighted by atomic mass is 10.1. The molecule has 2 amide bonds. The van der Waals surface area contributed by atoms with Gasteiger partial charge in [-0.05, 0) is 36.2 Å². The lowest BCUT2D eigenvalue weighted by Gasteiger charge is -2.20. The number of halogens is 1. The third kappa shape index (κ3) is 4.02. The second-order valence-electron chi connectivity index (χ2n) is 6.65. The van der Waals surface area contributed by atoms with Gasteiger partial charge in [0, 0.05) is 12.6 Å². The number of nitrogens with zero attached hydrogens (tertiary/aromatic N) is 3. The molecule has 0 atom stereocenters. The van der Waals surface area contributed by atoms with E-state index in [2.05, 4.69) is 16.1 Å². The zero-order chi connectivity index (χ0) is 20.4. The summed E-state index contributed by atoms with van der Waals surface area (Å²) in [5, 5.41) is 3.23. The van der Waals surface area contributed by atoms with Crippen molar-refractivity contribution in [3.8, 4) is 17.0 Å². The van der Waals surface area contributed by atoms with Crippen molar-refractivity contribution in [2.24, 2.45) is 0 Å². The Hall–Kier alpha value is -3.13. The van der Waals surface area contributed by atoms with Gasteiger partial charge in [-0.15, -0.1) is 11.1 Å². The van der Waals surface area contributed by atoms with Gasteiger partial charge in [-0.3, -0.25) is 0 Å². The van der Waals surface area contributed by atoms with Crippen molar-refractivity contribution in [3.63, 3.8) is 0 Å². The lowest BCUT2D eigenvalue weighted by molar-refractivity contribution is 0.214. The van der Waals surface area contributed by atoms with Crippen molar-refractivity contribution < 1.29 is 9.53 Å². The van der Waals surface area contributed by atoms with Gasteiger partial charge in [0.25, 0.3) is 0 Å². The second kappa shape index (κ2) is 8.08. The molecule has 7 nitrogen and oxygen atoms in total. The van der Waals surface area contributed by atoms with Crippen LogP contribution in [-0.4, -0.2) is 23.1 Å². The van der Waals surface area contributed by atoms with Gasteiger partial charge in [-0.1, -0.05) is 54.1 Å². The predicted molar refractivity (Wildman–Crippen MR) is 112 cm³/mol. The molecule has 29 heavy (non-hydrogen) atoms. The first-order valence-electron chi connectivity index (χ1n) is 9.06. The number of hydrazine groups is 3. The van der Waals surface area contributed by atoms with Crippen molar-refractivity contribution in [3.05, 3.63) is 76.9 Å². The summed E-state index contributed by atoms with van der Waals surface area (Å²) in [5.74, 6) is 0.644. The van der Waals surface area contributed by atoms with E-state index >= 15 is 0 Å². The van der Waals surface area contributed by atoms with Crippen molar-refractivity contribution in [1.82, 2.24) is 21.1 Å². The number of pyridine rings is 1. The third-order valence-corrected chi connectivity index (χ3v) is 4.80. The van der Waals surface area contributed by atoms with E-state index < -0.39 is 0 Å². The molecular weight excluding hydrogens is 390 g/mol. The molecule has 1 fully saturated rings. The fraction of sp³-hybridized carbons (Fsp3) is 0.143. The van der Waals surface area contributed by atoms with E-state index in [4.69, 9.17) is 16.3 Å². The van der Waals surface area contributed by atoms with E-state index in [1.165, 1.54) is 10.0 Å². The Morgan fingerprint density at radius 3 is 2.48 bits per heavy atom. The zero-order valence-corrected chi connectivity index (χ0v) is 16.8. The number of hydrogen-bond acceptors (Lipinski definition) is 5. The van der Waals surface area contributed by atoms with Crippen molar-refractivity contribution in [2.75, 3.05) is 12.1 Å². The largest absolute Gasteiger partial charge is 0.486 e. The molecule has 4 rings (SSSR count). The highest BCUT2D eigenvalue weighted by Gasteiger charge is 2.29. The normalized spacial score (nSPS) is 13.8. The predicted octanol–water partition coefficient (Wildman–Crippen LogP) is 4.09. The minimum Gasteiger partial charge on any atom is -0.486 e. The highest BCUT2D eigenvalue weighted by atomic mass is 35.5. The van der Waals surface area contributed by atoms with Crippen LogP contribution >= 0.6 is 11.6 Å². The van der Waals surface area contributed by atoms with Crippen LogP contribution in [0.5, 0.6) is 5.75 Å². The third-order valence-electron chi connectivity index (χ3n) is 4.59. The number of carbonyl (C=O) groups is 1. The molecule has 0 aliphatic carbocycles. The number of anilines is 1. The van der Waals surface area contributed by atoms with Gasteiger partial charge < -0.3 is 4.74 Å². The van der Waals surface area contributed by atoms with E-state index in [0.29, 0.717) is 23.2 Å². The van der Waals surface area contributed by atoms with E-state index in [9.17, 15) is 4.79 Å². The number of amides is 2. The monoisotopic (exact) mass is 409 g/mol. The van der Waals surface area contributed by atoms with Gasteiger partial charge in [0.15, 0.2) is 0 Å². The molecule has 0 unspecified atom stereocenters. The van der Waals surface area contributed by atoms with Crippen LogP contribution in [0.4, 0.5) is 10.5 Å². The van der Waals surface area contributed by atoms with Crippen molar-refractivity contribution in [2.45, 2.75) is 13.5 Å². The number of aromatic nitrogens is 1. The molecule has 2 N–H and O–H groups in total. The molecule has 2 aromatic carbocycles. The number of nitrogens with one attached hydrogen (secondary N) is 2. The van der Waals surface area contributed by atoms with Crippen LogP contribution in [0, 0.1) is 6.92 Å². The number of hydrogen-bond donors (Lipinski definition) is 2. The Bertz CT molecular complexity index is 1040. The summed E-state index contributed by atoms with van der Waals surface area (Å²) < 4.78 is 6.10. The maximum absolute atomic E-state index is 12.3. The number of aryl methyl sites for hydroxylation is 1. The molecule has 148 valence electrons. The van der Waals surface area contributed by atoms with Crippen molar-refractivity contribution in [1.29, 1.82) is 0 Å². The Morgan fingerprint density at radius 2 is 1.79 bits per heavy atom. The van der Waals surface area contributed by atoms with Crippen LogP contribution in [0.3, 0.4) is 0 Å². The number of urea groups is 1. The smallest absolute Gasteiger partial charge is 0.355 e. The summed E-state index contributed by atoms with van der Waals surface area (Å²) in [6.07, 6.45) is 0. The van der Waals surface area contributed by atoms with Crippen LogP contribution in [0.2, 0.25) is 5.15 Å². The summed E-state index contributed by atoms with van der Waals surface area (Å²) in [4.78, 5) is 16.6. The summed E-state index contributed by atoms with van der Waals surface area (Å²) in [7, 11) is 1.64. The minimum atomic E-state index is -0.223. The van der Waals surface area contributed by atoms with Gasteiger partial charge in [-0.2, -0.15) is 0 Å². The topological polar surface area (TPSA) is 69.7 Å². The SMILES string of the molecule is Cc1cccc(N2NNN(C)C2=O)c1OCc1ccc(-c2cccc(Cl)n2)cc1. The molecular formula is C21H20ClN5O2.